The SMILES string of the molecule is CC(C)C(=O)OCC(=O)[C@@]12O[C@H](C3CCCCC3)O[C@H]1C[C@H]1[C@@H]3CCC4=CC(=O)C=C[C@]4(C)[C@H]3[C@H](O)C[C@@]12C. The third-order valence-electron chi connectivity index (χ3n) is 11.5. The van der Waals surface area contributed by atoms with Gasteiger partial charge in [0.05, 0.1) is 18.1 Å². The molecular formula is C32H44O7. The van der Waals surface area contributed by atoms with Gasteiger partial charge in [0.1, 0.15) is 0 Å². The van der Waals surface area contributed by atoms with Crippen molar-refractivity contribution >= 4 is 17.5 Å². The lowest BCUT2D eigenvalue weighted by molar-refractivity contribution is -0.210. The van der Waals surface area contributed by atoms with E-state index >= 15 is 0 Å². The highest BCUT2D eigenvalue weighted by Crippen LogP contribution is 2.70. The van der Waals surface area contributed by atoms with Gasteiger partial charge in [-0.2, -0.15) is 0 Å². The third kappa shape index (κ3) is 3.97. The zero-order valence-electron chi connectivity index (χ0n) is 23.8. The van der Waals surface area contributed by atoms with Crippen LogP contribution in [0, 0.1) is 40.4 Å². The molecule has 6 rings (SSSR count). The summed E-state index contributed by atoms with van der Waals surface area (Å²) < 4.78 is 19.0. The molecule has 7 nitrogen and oxygen atoms in total. The van der Waals surface area contributed by atoms with E-state index in [0.717, 1.165) is 44.1 Å². The van der Waals surface area contributed by atoms with Crippen LogP contribution in [0.15, 0.2) is 23.8 Å². The van der Waals surface area contributed by atoms with Gasteiger partial charge in [-0.15, -0.1) is 0 Å². The molecule has 1 N–H and O–H groups in total. The molecule has 0 unspecified atom stereocenters. The number of Topliss-reactive ketones (excluding diaryl/α,β-unsaturated/α-hetero) is 1. The molecule has 1 aliphatic heterocycles. The van der Waals surface area contributed by atoms with Crippen LogP contribution in [-0.4, -0.2) is 53.3 Å². The smallest absolute Gasteiger partial charge is 0.308 e. The maximum Gasteiger partial charge on any atom is 0.308 e. The Morgan fingerprint density at radius 1 is 1.15 bits per heavy atom. The van der Waals surface area contributed by atoms with Crippen LogP contribution >= 0.6 is 0 Å². The molecule has 4 saturated carbocycles. The fraction of sp³-hybridized carbons (Fsp3) is 0.781. The van der Waals surface area contributed by atoms with E-state index in [0.29, 0.717) is 12.8 Å². The Bertz CT molecular complexity index is 1100. The first kappa shape index (κ1) is 27.3. The van der Waals surface area contributed by atoms with Crippen LogP contribution in [0.3, 0.4) is 0 Å². The number of esters is 1. The van der Waals surface area contributed by atoms with Gasteiger partial charge in [0.25, 0.3) is 0 Å². The third-order valence-corrected chi connectivity index (χ3v) is 11.5. The zero-order chi connectivity index (χ0) is 27.7. The van der Waals surface area contributed by atoms with Crippen molar-refractivity contribution in [3.63, 3.8) is 0 Å². The second-order valence-corrected chi connectivity index (χ2v) is 13.9. The van der Waals surface area contributed by atoms with E-state index < -0.39 is 35.5 Å². The maximum absolute atomic E-state index is 14.2. The first-order valence-corrected chi connectivity index (χ1v) is 15.2. The topological polar surface area (TPSA) is 99.1 Å². The van der Waals surface area contributed by atoms with Crippen LogP contribution in [0.25, 0.3) is 0 Å². The van der Waals surface area contributed by atoms with Gasteiger partial charge < -0.3 is 19.3 Å². The van der Waals surface area contributed by atoms with Crippen LogP contribution in [-0.2, 0) is 28.6 Å². The Balaban J connectivity index is 1.35. The van der Waals surface area contributed by atoms with Crippen LogP contribution in [0.5, 0.6) is 0 Å². The molecule has 0 aromatic rings. The quantitative estimate of drug-likeness (QED) is 0.505. The van der Waals surface area contributed by atoms with Gasteiger partial charge in [-0.05, 0) is 62.5 Å². The number of ether oxygens (including phenoxy) is 3. The highest BCUT2D eigenvalue weighted by atomic mass is 16.7. The summed E-state index contributed by atoms with van der Waals surface area (Å²) in [6, 6.07) is 0. The summed E-state index contributed by atoms with van der Waals surface area (Å²) in [6.07, 6.45) is 12.2. The summed E-state index contributed by atoms with van der Waals surface area (Å²) in [6.45, 7) is 7.44. The molecule has 5 aliphatic carbocycles. The molecule has 39 heavy (non-hydrogen) atoms. The Morgan fingerprint density at radius 2 is 1.90 bits per heavy atom. The minimum atomic E-state index is -1.25. The summed E-state index contributed by atoms with van der Waals surface area (Å²) in [5.41, 5.74) is -1.19. The summed E-state index contributed by atoms with van der Waals surface area (Å²) in [7, 11) is 0. The number of hydrogen-bond donors (Lipinski definition) is 1. The van der Waals surface area contributed by atoms with Gasteiger partial charge >= 0.3 is 5.97 Å². The van der Waals surface area contributed by atoms with E-state index in [1.165, 1.54) is 6.42 Å². The van der Waals surface area contributed by atoms with E-state index in [2.05, 4.69) is 13.8 Å². The normalized spacial score (nSPS) is 45.3. The number of allylic oxidation sites excluding steroid dienone is 4. The molecule has 0 amide bonds. The number of rotatable bonds is 5. The Labute approximate surface area is 231 Å². The number of fused-ring (bicyclic) bond motifs is 7. The van der Waals surface area contributed by atoms with E-state index in [1.54, 1.807) is 26.0 Å². The van der Waals surface area contributed by atoms with Crippen molar-refractivity contribution in [1.29, 1.82) is 0 Å². The van der Waals surface area contributed by atoms with E-state index in [4.69, 9.17) is 14.2 Å². The van der Waals surface area contributed by atoms with Crippen LogP contribution in [0.1, 0.15) is 85.5 Å². The molecule has 0 radical (unpaired) electrons. The summed E-state index contributed by atoms with van der Waals surface area (Å²) >= 11 is 0. The van der Waals surface area contributed by atoms with Crippen molar-refractivity contribution in [2.45, 2.75) is 110 Å². The number of ketones is 2. The van der Waals surface area contributed by atoms with Crippen molar-refractivity contribution in [1.82, 2.24) is 0 Å². The van der Waals surface area contributed by atoms with Crippen molar-refractivity contribution in [3.05, 3.63) is 23.8 Å². The Kier molecular flexibility index (Phi) is 6.75. The predicted molar refractivity (Wildman–Crippen MR) is 143 cm³/mol. The van der Waals surface area contributed by atoms with Gasteiger partial charge in [-0.25, -0.2) is 0 Å². The summed E-state index contributed by atoms with van der Waals surface area (Å²) in [4.78, 5) is 38.7. The molecule has 9 atom stereocenters. The number of aliphatic hydroxyl groups excluding tert-OH is 1. The highest BCUT2D eigenvalue weighted by Gasteiger charge is 2.76. The minimum Gasteiger partial charge on any atom is -0.457 e. The fourth-order valence-corrected chi connectivity index (χ4v) is 9.62. The molecule has 0 aromatic heterocycles. The van der Waals surface area contributed by atoms with Crippen molar-refractivity contribution in [3.8, 4) is 0 Å². The molecule has 0 bridgehead atoms. The Hall–Kier alpha value is -1.83. The molecule has 7 heteroatoms. The van der Waals surface area contributed by atoms with Gasteiger partial charge in [0.15, 0.2) is 24.3 Å². The van der Waals surface area contributed by atoms with E-state index in [1.807, 2.05) is 6.08 Å². The molecule has 6 aliphatic rings. The van der Waals surface area contributed by atoms with Crippen LogP contribution in [0.2, 0.25) is 0 Å². The monoisotopic (exact) mass is 540 g/mol. The lowest BCUT2D eigenvalue weighted by atomic mass is 9.46. The maximum atomic E-state index is 14.2. The van der Waals surface area contributed by atoms with Crippen LogP contribution < -0.4 is 0 Å². The first-order chi connectivity index (χ1) is 18.5. The van der Waals surface area contributed by atoms with Crippen molar-refractivity contribution in [2.24, 2.45) is 40.4 Å². The first-order valence-electron chi connectivity index (χ1n) is 15.2. The number of carbonyl (C=O) groups excluding carboxylic acids is 3. The number of hydrogen-bond acceptors (Lipinski definition) is 7. The summed E-state index contributed by atoms with van der Waals surface area (Å²) in [5, 5.41) is 11.9. The molecule has 1 heterocycles. The van der Waals surface area contributed by atoms with Gasteiger partial charge in [-0.3, -0.25) is 14.4 Å². The molecular weight excluding hydrogens is 496 g/mol. The zero-order valence-corrected chi connectivity index (χ0v) is 23.8. The average molecular weight is 541 g/mol. The summed E-state index contributed by atoms with van der Waals surface area (Å²) in [5.74, 6) is -0.471. The second kappa shape index (κ2) is 9.63. The lowest BCUT2D eigenvalue weighted by Crippen LogP contribution is -2.63. The number of carbonyl (C=O) groups is 3. The van der Waals surface area contributed by atoms with Gasteiger partial charge in [0.2, 0.25) is 5.78 Å². The predicted octanol–water partition coefficient (Wildman–Crippen LogP) is 4.70. The average Bonchev–Trinajstić information content (AvgIpc) is 3.41. The molecule has 0 spiro atoms. The van der Waals surface area contributed by atoms with Crippen molar-refractivity contribution < 1.29 is 33.7 Å². The molecule has 5 fully saturated rings. The van der Waals surface area contributed by atoms with E-state index in [-0.39, 0.29) is 53.2 Å². The van der Waals surface area contributed by atoms with Crippen molar-refractivity contribution in [2.75, 3.05) is 6.61 Å². The van der Waals surface area contributed by atoms with Gasteiger partial charge in [-0.1, -0.05) is 58.6 Å². The molecule has 1 saturated heterocycles. The largest absolute Gasteiger partial charge is 0.457 e. The van der Waals surface area contributed by atoms with Gasteiger partial charge in [0, 0.05) is 22.7 Å². The van der Waals surface area contributed by atoms with E-state index in [9.17, 15) is 19.5 Å². The highest BCUT2D eigenvalue weighted by molar-refractivity contribution is 6.01. The fourth-order valence-electron chi connectivity index (χ4n) is 9.62. The standard InChI is InChI=1S/C32H44O7/c1-18(2)28(36)37-17-25(35)32-26(38-29(39-32)19-8-6-5-7-9-19)15-23-22-11-10-20-14-21(33)12-13-30(20,3)27(22)24(34)16-31(23,32)4/h12-14,18-19,22-24,26-27,29,34H,5-11,15-17H2,1-4H3/t22-,23-,24+,26-,27+,29+,30-,31-,32+/m0/s1. The molecule has 0 aromatic carbocycles. The molecule has 214 valence electrons. The second-order valence-electron chi connectivity index (χ2n) is 13.9. The minimum absolute atomic E-state index is 0.0162. The Morgan fingerprint density at radius 3 is 2.62 bits per heavy atom. The van der Waals surface area contributed by atoms with Crippen LogP contribution in [0.4, 0.5) is 0 Å². The number of aliphatic hydroxyl groups is 1. The lowest BCUT2D eigenvalue weighted by Gasteiger charge is -2.59.